The van der Waals surface area contributed by atoms with E-state index >= 15 is 0 Å². The minimum absolute atomic E-state index is 0.160. The summed E-state index contributed by atoms with van der Waals surface area (Å²) in [7, 11) is 5.74. The van der Waals surface area contributed by atoms with Gasteiger partial charge in [-0.1, -0.05) is 12.1 Å². The first-order valence-corrected chi connectivity index (χ1v) is 13.9. The van der Waals surface area contributed by atoms with Crippen molar-refractivity contribution in [1.82, 2.24) is 9.55 Å². The molecule has 0 radical (unpaired) electrons. The summed E-state index contributed by atoms with van der Waals surface area (Å²) in [6, 6.07) is 26.8. The van der Waals surface area contributed by atoms with Crippen LogP contribution in [0.25, 0.3) is 33.9 Å². The van der Waals surface area contributed by atoms with E-state index in [2.05, 4.69) is 0 Å². The van der Waals surface area contributed by atoms with E-state index in [9.17, 15) is 14.4 Å². The predicted octanol–water partition coefficient (Wildman–Crippen LogP) is 5.62. The molecule has 0 aliphatic carbocycles. The third-order valence-electron chi connectivity index (χ3n) is 7.31. The van der Waals surface area contributed by atoms with Crippen LogP contribution < -0.4 is 15.2 Å². The van der Waals surface area contributed by atoms with Crippen LogP contribution in [0, 0.1) is 0 Å². The molecule has 5 rings (SSSR count). The third kappa shape index (κ3) is 6.40. The van der Waals surface area contributed by atoms with Crippen LogP contribution in [0.15, 0.2) is 91.0 Å². The number of amides is 1. The Kier molecular flexibility index (Phi) is 8.94. The molecule has 1 heterocycles. The largest absolute Gasteiger partial charge is 0.497 e. The summed E-state index contributed by atoms with van der Waals surface area (Å²) in [6.45, 7) is 0.314. The highest BCUT2D eigenvalue weighted by Gasteiger charge is 2.24. The molecule has 45 heavy (non-hydrogen) atoms. The first-order valence-electron chi connectivity index (χ1n) is 13.9. The number of imidazole rings is 1. The first-order chi connectivity index (χ1) is 21.8. The lowest BCUT2D eigenvalue weighted by Crippen LogP contribution is -2.11. The van der Waals surface area contributed by atoms with Crippen molar-refractivity contribution in [2.45, 2.75) is 6.54 Å². The number of nitrogens with zero attached hydrogens (tertiary/aromatic N) is 2. The van der Waals surface area contributed by atoms with Gasteiger partial charge in [-0.15, -0.1) is 0 Å². The molecule has 10 heteroatoms. The lowest BCUT2D eigenvalue weighted by atomic mass is 10.0. The van der Waals surface area contributed by atoms with Gasteiger partial charge in [0.15, 0.2) is 0 Å². The maximum absolute atomic E-state index is 12.7. The molecule has 2 N–H and O–H groups in total. The number of primary amides is 1. The molecular weight excluding hydrogens is 574 g/mol. The number of carbonyl (C=O) groups excluding carboxylic acids is 3. The van der Waals surface area contributed by atoms with Crippen LogP contribution in [0.4, 0.5) is 0 Å². The number of esters is 2. The molecule has 0 aliphatic heterocycles. The number of hydrogen-bond acceptors (Lipinski definition) is 8. The molecule has 0 bridgehead atoms. The topological polar surface area (TPSA) is 132 Å². The van der Waals surface area contributed by atoms with E-state index in [4.69, 9.17) is 29.7 Å². The van der Waals surface area contributed by atoms with Crippen LogP contribution >= 0.6 is 0 Å². The molecule has 4 aromatic carbocycles. The fraction of sp³-hybridized carbons (Fsp3) is 0.143. The van der Waals surface area contributed by atoms with Crippen LogP contribution in [0.2, 0.25) is 0 Å². The fourth-order valence-electron chi connectivity index (χ4n) is 5.00. The van der Waals surface area contributed by atoms with Crippen molar-refractivity contribution in [3.8, 4) is 45.4 Å². The zero-order valence-corrected chi connectivity index (χ0v) is 25.2. The quantitative estimate of drug-likeness (QED) is 0.203. The SMILES string of the molecule is COC(=O)c1cc(C(=O)OC)cc(-c2nc(-c3ccc(OC)cc3)c(-c3ccc(OC)cc3)n2Cc2ccc(C(N)=O)cc2)c1. The van der Waals surface area contributed by atoms with Gasteiger partial charge in [-0.25, -0.2) is 14.6 Å². The maximum Gasteiger partial charge on any atom is 0.337 e. The van der Waals surface area contributed by atoms with E-state index in [-0.39, 0.29) is 11.1 Å². The van der Waals surface area contributed by atoms with Crippen LogP contribution in [-0.4, -0.2) is 55.8 Å². The van der Waals surface area contributed by atoms with E-state index in [1.807, 2.05) is 65.2 Å². The Hall–Kier alpha value is -5.90. The van der Waals surface area contributed by atoms with Crippen molar-refractivity contribution in [2.75, 3.05) is 28.4 Å². The summed E-state index contributed by atoms with van der Waals surface area (Å²) >= 11 is 0. The minimum atomic E-state index is -0.618. The number of benzene rings is 4. The third-order valence-corrected chi connectivity index (χ3v) is 7.31. The zero-order valence-electron chi connectivity index (χ0n) is 25.2. The highest BCUT2D eigenvalue weighted by molar-refractivity contribution is 5.97. The lowest BCUT2D eigenvalue weighted by molar-refractivity contribution is 0.0599. The van der Waals surface area contributed by atoms with E-state index in [1.54, 1.807) is 38.5 Å². The van der Waals surface area contributed by atoms with Crippen molar-refractivity contribution >= 4 is 17.8 Å². The molecule has 0 saturated carbocycles. The average molecular weight is 606 g/mol. The number of nitrogens with two attached hydrogens (primary N) is 1. The molecule has 0 aliphatic rings. The molecule has 0 unspecified atom stereocenters. The fourth-order valence-corrected chi connectivity index (χ4v) is 5.00. The highest BCUT2D eigenvalue weighted by atomic mass is 16.5. The summed E-state index contributed by atoms with van der Waals surface area (Å²) in [6.07, 6.45) is 0. The van der Waals surface area contributed by atoms with E-state index in [0.717, 1.165) is 22.4 Å². The molecule has 1 aromatic heterocycles. The molecule has 10 nitrogen and oxygen atoms in total. The second kappa shape index (κ2) is 13.2. The van der Waals surface area contributed by atoms with Crippen LogP contribution in [-0.2, 0) is 16.0 Å². The van der Waals surface area contributed by atoms with Crippen molar-refractivity contribution in [3.05, 3.63) is 113 Å². The second-order valence-electron chi connectivity index (χ2n) is 10.0. The summed E-state index contributed by atoms with van der Waals surface area (Å²) in [5.41, 5.74) is 10.6. The molecule has 1 amide bonds. The Morgan fingerprint density at radius 1 is 0.644 bits per heavy atom. The lowest BCUT2D eigenvalue weighted by Gasteiger charge is -2.15. The van der Waals surface area contributed by atoms with E-state index in [1.165, 1.54) is 20.3 Å². The molecule has 0 fully saturated rings. The van der Waals surface area contributed by atoms with Gasteiger partial charge in [-0.2, -0.15) is 0 Å². The van der Waals surface area contributed by atoms with E-state index in [0.29, 0.717) is 40.7 Å². The van der Waals surface area contributed by atoms with Crippen molar-refractivity contribution in [1.29, 1.82) is 0 Å². The Bertz CT molecular complexity index is 1830. The molecule has 228 valence electrons. The molecule has 0 saturated heterocycles. The number of aromatic nitrogens is 2. The molecule has 5 aromatic rings. The molecule has 0 atom stereocenters. The first kappa shape index (κ1) is 30.6. The average Bonchev–Trinajstić information content (AvgIpc) is 3.46. The number of methoxy groups -OCH3 is 4. The van der Waals surface area contributed by atoms with Crippen molar-refractivity contribution < 1.29 is 33.3 Å². The second-order valence-corrected chi connectivity index (χ2v) is 10.0. The molecular formula is C35H31N3O7. The van der Waals surface area contributed by atoms with Gasteiger partial charge in [0.1, 0.15) is 17.3 Å². The van der Waals surface area contributed by atoms with Gasteiger partial charge in [-0.3, -0.25) is 4.79 Å². The van der Waals surface area contributed by atoms with Gasteiger partial charge in [-0.05, 0) is 84.4 Å². The van der Waals surface area contributed by atoms with Gasteiger partial charge < -0.3 is 29.2 Å². The normalized spacial score (nSPS) is 10.7. The Labute approximate surface area is 259 Å². The summed E-state index contributed by atoms with van der Waals surface area (Å²) in [4.78, 5) is 42.3. The Balaban J connectivity index is 1.82. The summed E-state index contributed by atoms with van der Waals surface area (Å²) < 4.78 is 22.8. The monoisotopic (exact) mass is 605 g/mol. The Morgan fingerprint density at radius 2 is 1.16 bits per heavy atom. The zero-order chi connectivity index (χ0) is 32.1. The number of rotatable bonds is 10. The van der Waals surface area contributed by atoms with Crippen LogP contribution in [0.5, 0.6) is 11.5 Å². The van der Waals surface area contributed by atoms with Crippen molar-refractivity contribution in [2.24, 2.45) is 5.73 Å². The van der Waals surface area contributed by atoms with Gasteiger partial charge >= 0.3 is 11.9 Å². The van der Waals surface area contributed by atoms with E-state index < -0.39 is 17.8 Å². The van der Waals surface area contributed by atoms with Gasteiger partial charge in [0.25, 0.3) is 0 Å². The maximum atomic E-state index is 12.7. The number of hydrogen-bond donors (Lipinski definition) is 1. The van der Waals surface area contributed by atoms with Gasteiger partial charge in [0.05, 0.1) is 51.0 Å². The standard InChI is InChI=1S/C35H31N3O7/c1-42-28-13-9-22(10-14-28)30-31(23-11-15-29(43-2)16-12-23)38(20-21-5-7-24(8-6-21)32(36)39)33(37-30)25-17-26(34(40)44-3)19-27(18-25)35(41)45-4/h5-19H,20H2,1-4H3,(H2,36,39). The highest BCUT2D eigenvalue weighted by Crippen LogP contribution is 2.38. The summed E-state index contributed by atoms with van der Waals surface area (Å²) in [5, 5.41) is 0. The predicted molar refractivity (Wildman–Crippen MR) is 168 cm³/mol. The van der Waals surface area contributed by atoms with Crippen molar-refractivity contribution in [3.63, 3.8) is 0 Å². The number of carbonyl (C=O) groups is 3. The minimum Gasteiger partial charge on any atom is -0.497 e. The Morgan fingerprint density at radius 3 is 1.62 bits per heavy atom. The number of ether oxygens (including phenoxy) is 4. The van der Waals surface area contributed by atoms with Gasteiger partial charge in [0, 0.05) is 28.8 Å². The van der Waals surface area contributed by atoms with Crippen LogP contribution in [0.1, 0.15) is 36.6 Å². The molecule has 0 spiro atoms. The van der Waals surface area contributed by atoms with Gasteiger partial charge in [0.2, 0.25) is 5.91 Å². The smallest absolute Gasteiger partial charge is 0.337 e. The summed E-state index contributed by atoms with van der Waals surface area (Å²) in [5.74, 6) is 0.0851. The van der Waals surface area contributed by atoms with Crippen LogP contribution in [0.3, 0.4) is 0 Å².